The molecule has 1 aromatic heterocycles. The first-order valence-corrected chi connectivity index (χ1v) is 8.58. The Kier molecular flexibility index (Phi) is 5.43. The van der Waals surface area contributed by atoms with Crippen LogP contribution in [0.25, 0.3) is 11.0 Å². The molecule has 0 aliphatic heterocycles. The van der Waals surface area contributed by atoms with Crippen molar-refractivity contribution in [1.82, 2.24) is 9.55 Å². The molecule has 1 fully saturated rings. The molecule has 0 radical (unpaired) electrons. The lowest BCUT2D eigenvalue weighted by Crippen LogP contribution is -2.29. The van der Waals surface area contributed by atoms with Gasteiger partial charge in [0.1, 0.15) is 17.9 Å². The lowest BCUT2D eigenvalue weighted by atomic mass is 9.86. The van der Waals surface area contributed by atoms with E-state index in [-0.39, 0.29) is 23.6 Å². The second-order valence-corrected chi connectivity index (χ2v) is 6.32. The smallest absolute Gasteiger partial charge is 0.326 e. The maximum atomic E-state index is 12.5. The molecule has 0 atom stereocenters. The minimum Gasteiger partial charge on any atom is -0.489 e. The van der Waals surface area contributed by atoms with E-state index in [4.69, 9.17) is 14.2 Å². The SMILES string of the molecule is COCCOc1cccc2c1[nH]c(=O)n2[C@H]1CC[C@@H](C(=O)OC)CC1. The van der Waals surface area contributed by atoms with E-state index in [1.165, 1.54) is 7.11 Å². The fraction of sp³-hybridized carbons (Fsp3) is 0.556. The molecule has 25 heavy (non-hydrogen) atoms. The Labute approximate surface area is 145 Å². The maximum absolute atomic E-state index is 12.5. The molecule has 1 aliphatic carbocycles. The quantitative estimate of drug-likeness (QED) is 0.639. The summed E-state index contributed by atoms with van der Waals surface area (Å²) >= 11 is 0. The molecule has 0 unspecified atom stereocenters. The summed E-state index contributed by atoms with van der Waals surface area (Å²) < 4.78 is 17.3. The first-order chi connectivity index (χ1) is 12.2. The zero-order valence-electron chi connectivity index (χ0n) is 14.6. The van der Waals surface area contributed by atoms with Crippen molar-refractivity contribution in [2.24, 2.45) is 5.92 Å². The zero-order chi connectivity index (χ0) is 17.8. The molecular formula is C18H24N2O5. The van der Waals surface area contributed by atoms with Crippen LogP contribution in [0, 0.1) is 5.92 Å². The largest absolute Gasteiger partial charge is 0.489 e. The van der Waals surface area contributed by atoms with Gasteiger partial charge in [-0.25, -0.2) is 4.79 Å². The normalized spacial score (nSPS) is 20.6. The minimum absolute atomic E-state index is 0.0601. The Morgan fingerprint density at radius 2 is 1.96 bits per heavy atom. The Balaban J connectivity index is 1.83. The number of fused-ring (bicyclic) bond motifs is 1. The van der Waals surface area contributed by atoms with E-state index >= 15 is 0 Å². The van der Waals surface area contributed by atoms with E-state index in [0.29, 0.717) is 24.5 Å². The van der Waals surface area contributed by atoms with E-state index in [9.17, 15) is 9.59 Å². The number of methoxy groups -OCH3 is 2. The molecule has 1 saturated carbocycles. The van der Waals surface area contributed by atoms with Gasteiger partial charge in [-0.05, 0) is 37.8 Å². The van der Waals surface area contributed by atoms with E-state index in [1.807, 2.05) is 18.2 Å². The molecule has 1 aromatic carbocycles. The van der Waals surface area contributed by atoms with E-state index in [2.05, 4.69) is 4.98 Å². The molecule has 7 heteroatoms. The number of aromatic amines is 1. The molecule has 7 nitrogen and oxygen atoms in total. The summed E-state index contributed by atoms with van der Waals surface area (Å²) in [5, 5.41) is 0. The molecule has 0 bridgehead atoms. The predicted molar refractivity (Wildman–Crippen MR) is 92.9 cm³/mol. The van der Waals surface area contributed by atoms with Crippen molar-refractivity contribution in [2.45, 2.75) is 31.7 Å². The van der Waals surface area contributed by atoms with Crippen LogP contribution in [0.4, 0.5) is 0 Å². The topological polar surface area (TPSA) is 82.5 Å². The zero-order valence-corrected chi connectivity index (χ0v) is 14.6. The van der Waals surface area contributed by atoms with Crippen molar-refractivity contribution in [1.29, 1.82) is 0 Å². The highest BCUT2D eigenvalue weighted by Crippen LogP contribution is 2.34. The monoisotopic (exact) mass is 348 g/mol. The molecule has 2 aromatic rings. The molecule has 1 N–H and O–H groups in total. The van der Waals surface area contributed by atoms with Crippen LogP contribution in [0.2, 0.25) is 0 Å². The fourth-order valence-corrected chi connectivity index (χ4v) is 3.58. The first-order valence-electron chi connectivity index (χ1n) is 8.58. The van der Waals surface area contributed by atoms with E-state index < -0.39 is 0 Å². The highest BCUT2D eigenvalue weighted by Gasteiger charge is 2.29. The number of benzene rings is 1. The third-order valence-electron chi connectivity index (χ3n) is 4.86. The number of carbonyl (C=O) groups is 1. The van der Waals surface area contributed by atoms with Gasteiger partial charge in [-0.15, -0.1) is 0 Å². The number of carbonyl (C=O) groups excluding carboxylic acids is 1. The maximum Gasteiger partial charge on any atom is 0.326 e. The van der Waals surface area contributed by atoms with Gasteiger partial charge in [-0.2, -0.15) is 0 Å². The number of nitrogens with zero attached hydrogens (tertiary/aromatic N) is 1. The molecule has 1 aliphatic rings. The summed E-state index contributed by atoms with van der Waals surface area (Å²) in [6.07, 6.45) is 3.03. The van der Waals surface area contributed by atoms with Crippen LogP contribution < -0.4 is 10.4 Å². The summed E-state index contributed by atoms with van der Waals surface area (Å²) in [6, 6.07) is 5.72. The third kappa shape index (κ3) is 3.56. The number of nitrogens with one attached hydrogen (secondary N) is 1. The van der Waals surface area contributed by atoms with Crippen LogP contribution in [0.1, 0.15) is 31.7 Å². The highest BCUT2D eigenvalue weighted by molar-refractivity contribution is 5.82. The average Bonchev–Trinajstić information content (AvgIpc) is 2.98. The van der Waals surface area contributed by atoms with Gasteiger partial charge in [0.2, 0.25) is 0 Å². The molecule has 0 spiro atoms. The molecule has 136 valence electrons. The van der Waals surface area contributed by atoms with Crippen molar-refractivity contribution in [3.05, 3.63) is 28.7 Å². The lowest BCUT2D eigenvalue weighted by Gasteiger charge is -2.27. The number of hydrogen-bond acceptors (Lipinski definition) is 5. The van der Waals surface area contributed by atoms with Gasteiger partial charge in [0.25, 0.3) is 0 Å². The average molecular weight is 348 g/mol. The summed E-state index contributed by atoms with van der Waals surface area (Å²) in [4.78, 5) is 27.1. The van der Waals surface area contributed by atoms with Crippen molar-refractivity contribution in [2.75, 3.05) is 27.4 Å². The van der Waals surface area contributed by atoms with Crippen molar-refractivity contribution in [3.63, 3.8) is 0 Å². The molecule has 0 saturated heterocycles. The van der Waals surface area contributed by atoms with Gasteiger partial charge in [0, 0.05) is 13.2 Å². The summed E-state index contributed by atoms with van der Waals surface area (Å²) in [5.74, 6) is 0.433. The summed E-state index contributed by atoms with van der Waals surface area (Å²) in [5.41, 5.74) is 1.40. The Hall–Kier alpha value is -2.28. The van der Waals surface area contributed by atoms with Crippen molar-refractivity contribution < 1.29 is 19.0 Å². The van der Waals surface area contributed by atoms with Gasteiger partial charge < -0.3 is 19.2 Å². The van der Waals surface area contributed by atoms with E-state index in [1.54, 1.807) is 11.7 Å². The first kappa shape index (κ1) is 17.5. The number of H-pyrrole nitrogens is 1. The van der Waals surface area contributed by atoms with Crippen LogP contribution in [-0.4, -0.2) is 43.0 Å². The highest BCUT2D eigenvalue weighted by atomic mass is 16.5. The number of ether oxygens (including phenoxy) is 3. The number of aromatic nitrogens is 2. The predicted octanol–water partition coefficient (Wildman–Crippen LogP) is 2.26. The van der Waals surface area contributed by atoms with Crippen LogP contribution in [0.3, 0.4) is 0 Å². The van der Waals surface area contributed by atoms with Gasteiger partial charge in [0.05, 0.1) is 25.2 Å². The van der Waals surface area contributed by atoms with Crippen molar-refractivity contribution in [3.8, 4) is 5.75 Å². The van der Waals surface area contributed by atoms with Crippen LogP contribution >= 0.6 is 0 Å². The van der Waals surface area contributed by atoms with Crippen LogP contribution in [0.5, 0.6) is 5.75 Å². The van der Waals surface area contributed by atoms with Gasteiger partial charge in [-0.3, -0.25) is 9.36 Å². The lowest BCUT2D eigenvalue weighted by molar-refractivity contribution is -0.146. The molecule has 1 heterocycles. The van der Waals surface area contributed by atoms with Gasteiger partial charge >= 0.3 is 11.7 Å². The molecule has 3 rings (SSSR count). The summed E-state index contributed by atoms with van der Waals surface area (Å²) in [6.45, 7) is 0.909. The number of rotatable bonds is 6. The van der Waals surface area contributed by atoms with Gasteiger partial charge in [0.15, 0.2) is 0 Å². The second kappa shape index (κ2) is 7.74. The minimum atomic E-state index is -0.154. The van der Waals surface area contributed by atoms with Crippen LogP contribution in [-0.2, 0) is 14.3 Å². The molecule has 0 amide bonds. The summed E-state index contributed by atoms with van der Waals surface area (Å²) in [7, 11) is 3.04. The van der Waals surface area contributed by atoms with Crippen molar-refractivity contribution >= 4 is 17.0 Å². The Morgan fingerprint density at radius 3 is 2.64 bits per heavy atom. The number of para-hydroxylation sites is 1. The van der Waals surface area contributed by atoms with Gasteiger partial charge in [-0.1, -0.05) is 6.07 Å². The van der Waals surface area contributed by atoms with Crippen LogP contribution in [0.15, 0.2) is 23.0 Å². The number of imidazole rings is 1. The standard InChI is InChI=1S/C18H24N2O5/c1-23-10-11-25-15-5-3-4-14-16(15)19-18(22)20(14)13-8-6-12(7-9-13)17(21)24-2/h3-5,12-13H,6-11H2,1-2H3,(H,19,22)/t12-,13+. The number of esters is 1. The third-order valence-corrected chi connectivity index (χ3v) is 4.86. The fourth-order valence-electron chi connectivity index (χ4n) is 3.58. The second-order valence-electron chi connectivity index (χ2n) is 6.32. The van der Waals surface area contributed by atoms with E-state index in [0.717, 1.165) is 31.2 Å². The number of hydrogen-bond donors (Lipinski definition) is 1. The Bertz CT molecular complexity index is 786. The Morgan fingerprint density at radius 1 is 1.20 bits per heavy atom. The molecular weight excluding hydrogens is 324 g/mol.